The average molecular weight is 292 g/mol. The molecule has 21 heavy (non-hydrogen) atoms. The number of oxazole rings is 1. The molecule has 0 spiro atoms. The third-order valence-electron chi connectivity index (χ3n) is 4.02. The van der Waals surface area contributed by atoms with Gasteiger partial charge in [-0.1, -0.05) is 6.07 Å². The van der Waals surface area contributed by atoms with Crippen LogP contribution in [-0.2, 0) is 11.8 Å². The Morgan fingerprint density at radius 3 is 2.86 bits per heavy atom. The first-order valence-electron chi connectivity index (χ1n) is 7.23. The van der Waals surface area contributed by atoms with Crippen LogP contribution in [0.4, 0.5) is 0 Å². The van der Waals surface area contributed by atoms with Crippen molar-refractivity contribution in [3.05, 3.63) is 34.3 Å². The first-order valence-corrected chi connectivity index (χ1v) is 7.23. The number of morpholine rings is 1. The topological polar surface area (TPSA) is 67.8 Å². The molecule has 1 N–H and O–H groups in total. The Balaban J connectivity index is 1.69. The average Bonchev–Trinajstić information content (AvgIpc) is 2.80. The van der Waals surface area contributed by atoms with Crippen molar-refractivity contribution in [2.75, 3.05) is 32.8 Å². The number of fused-ring (bicyclic) bond motifs is 1. The van der Waals surface area contributed by atoms with Crippen molar-refractivity contribution < 1.29 is 14.3 Å². The summed E-state index contributed by atoms with van der Waals surface area (Å²) in [5.74, 6) is -0.384. The summed E-state index contributed by atoms with van der Waals surface area (Å²) in [7, 11) is 1.67. The van der Waals surface area contributed by atoms with Crippen molar-refractivity contribution >= 4 is 11.1 Å². The molecule has 0 bridgehead atoms. The van der Waals surface area contributed by atoms with E-state index >= 15 is 0 Å². The molecular formula is C15H20N2O4. The van der Waals surface area contributed by atoms with Gasteiger partial charge in [-0.3, -0.25) is 9.47 Å². The monoisotopic (exact) mass is 292 g/mol. The van der Waals surface area contributed by atoms with Crippen LogP contribution in [-0.4, -0.2) is 47.4 Å². The van der Waals surface area contributed by atoms with E-state index in [0.29, 0.717) is 12.0 Å². The molecular weight excluding hydrogens is 272 g/mol. The third kappa shape index (κ3) is 3.02. The molecule has 2 heterocycles. The maximum absolute atomic E-state index is 11.5. The molecule has 0 aliphatic carbocycles. The number of aromatic nitrogens is 1. The summed E-state index contributed by atoms with van der Waals surface area (Å²) >= 11 is 0. The molecule has 6 heteroatoms. The first kappa shape index (κ1) is 14.3. The number of nitrogens with zero attached hydrogens (tertiary/aromatic N) is 2. The maximum Gasteiger partial charge on any atom is 0.419 e. The molecule has 114 valence electrons. The largest absolute Gasteiger partial charge is 0.419 e. The van der Waals surface area contributed by atoms with Gasteiger partial charge in [0.2, 0.25) is 0 Å². The Kier molecular flexibility index (Phi) is 4.10. The molecule has 6 nitrogen and oxygen atoms in total. The number of rotatable bonds is 4. The Morgan fingerprint density at radius 2 is 2.10 bits per heavy atom. The molecule has 1 aromatic heterocycles. The molecule has 1 atom stereocenters. The van der Waals surface area contributed by atoms with Crippen molar-refractivity contribution in [1.82, 2.24) is 9.47 Å². The molecule has 2 aromatic rings. The van der Waals surface area contributed by atoms with E-state index in [1.807, 2.05) is 12.1 Å². The molecule has 1 aromatic carbocycles. The highest BCUT2D eigenvalue weighted by atomic mass is 16.5. The Labute approximate surface area is 122 Å². The van der Waals surface area contributed by atoms with Crippen LogP contribution in [0.1, 0.15) is 18.1 Å². The van der Waals surface area contributed by atoms with Crippen molar-refractivity contribution in [2.24, 2.45) is 7.05 Å². The third-order valence-corrected chi connectivity index (χ3v) is 4.02. The molecule has 3 rings (SSSR count). The zero-order chi connectivity index (χ0) is 14.8. The predicted molar refractivity (Wildman–Crippen MR) is 78.3 cm³/mol. The number of hydrogen-bond acceptors (Lipinski definition) is 5. The minimum atomic E-state index is -0.553. The van der Waals surface area contributed by atoms with Crippen LogP contribution in [0.5, 0.6) is 0 Å². The van der Waals surface area contributed by atoms with E-state index in [1.54, 1.807) is 13.1 Å². The zero-order valence-corrected chi connectivity index (χ0v) is 12.1. The summed E-state index contributed by atoms with van der Waals surface area (Å²) in [6.07, 6.45) is 0.102. The van der Waals surface area contributed by atoms with Gasteiger partial charge >= 0.3 is 5.76 Å². The van der Waals surface area contributed by atoms with Gasteiger partial charge in [-0.15, -0.1) is 0 Å². The van der Waals surface area contributed by atoms with Crippen LogP contribution >= 0.6 is 0 Å². The summed E-state index contributed by atoms with van der Waals surface area (Å²) in [4.78, 5) is 13.8. The number of aryl methyl sites for hydroxylation is 1. The smallest absolute Gasteiger partial charge is 0.408 e. The van der Waals surface area contributed by atoms with Crippen molar-refractivity contribution in [3.63, 3.8) is 0 Å². The lowest BCUT2D eigenvalue weighted by molar-refractivity contribution is 0.0300. The van der Waals surface area contributed by atoms with Crippen LogP contribution in [0.2, 0.25) is 0 Å². The Hall–Kier alpha value is -1.63. The van der Waals surface area contributed by atoms with E-state index in [4.69, 9.17) is 9.15 Å². The van der Waals surface area contributed by atoms with Crippen LogP contribution < -0.4 is 5.76 Å². The summed E-state index contributed by atoms with van der Waals surface area (Å²) in [5, 5.41) is 10.3. The van der Waals surface area contributed by atoms with Crippen LogP contribution in [0, 0.1) is 0 Å². The van der Waals surface area contributed by atoms with E-state index in [-0.39, 0.29) is 5.76 Å². The number of aliphatic hydroxyl groups is 1. The zero-order valence-electron chi connectivity index (χ0n) is 12.1. The molecule has 0 amide bonds. The normalized spacial score (nSPS) is 18.2. The number of ether oxygens (including phenoxy) is 1. The fourth-order valence-electron chi connectivity index (χ4n) is 2.65. The highest BCUT2D eigenvalue weighted by Crippen LogP contribution is 2.22. The fraction of sp³-hybridized carbons (Fsp3) is 0.533. The van der Waals surface area contributed by atoms with Gasteiger partial charge in [0.05, 0.1) is 24.8 Å². The quantitative estimate of drug-likeness (QED) is 0.906. The molecule has 0 saturated carbocycles. The lowest BCUT2D eigenvalue weighted by Gasteiger charge is -2.27. The lowest BCUT2D eigenvalue weighted by atomic mass is 10.1. The SMILES string of the molecule is Cn1c(=O)oc2cc(C(O)CCN3CCOCC3)ccc21. The van der Waals surface area contributed by atoms with Gasteiger partial charge in [0, 0.05) is 26.7 Å². The maximum atomic E-state index is 11.5. The second-order valence-corrected chi connectivity index (χ2v) is 5.41. The minimum absolute atomic E-state index is 0.384. The number of aliphatic hydroxyl groups excluding tert-OH is 1. The van der Waals surface area contributed by atoms with Gasteiger partial charge in [-0.25, -0.2) is 4.79 Å². The molecule has 1 fully saturated rings. The summed E-state index contributed by atoms with van der Waals surface area (Å²) in [6.45, 7) is 4.19. The summed E-state index contributed by atoms with van der Waals surface area (Å²) in [6, 6.07) is 5.41. The Bertz CT molecular complexity index is 670. The second-order valence-electron chi connectivity index (χ2n) is 5.41. The van der Waals surface area contributed by atoms with Gasteiger partial charge in [-0.05, 0) is 24.1 Å². The first-order chi connectivity index (χ1) is 10.1. The molecule has 1 aliphatic rings. The lowest BCUT2D eigenvalue weighted by Crippen LogP contribution is -2.37. The van der Waals surface area contributed by atoms with Gasteiger partial charge in [0.1, 0.15) is 0 Å². The minimum Gasteiger partial charge on any atom is -0.408 e. The molecule has 0 radical (unpaired) electrons. The van der Waals surface area contributed by atoms with Crippen LogP contribution in [0.25, 0.3) is 11.1 Å². The molecule has 1 unspecified atom stereocenters. The van der Waals surface area contributed by atoms with E-state index in [9.17, 15) is 9.90 Å². The standard InChI is InChI=1S/C15H20N2O4/c1-16-12-3-2-11(10-14(12)21-15(16)19)13(18)4-5-17-6-8-20-9-7-17/h2-3,10,13,18H,4-9H2,1H3. The number of hydrogen-bond donors (Lipinski definition) is 1. The van der Waals surface area contributed by atoms with Crippen molar-refractivity contribution in [3.8, 4) is 0 Å². The van der Waals surface area contributed by atoms with E-state index in [1.165, 1.54) is 4.57 Å². The van der Waals surface area contributed by atoms with Crippen molar-refractivity contribution in [1.29, 1.82) is 0 Å². The van der Waals surface area contributed by atoms with E-state index < -0.39 is 6.10 Å². The fourth-order valence-corrected chi connectivity index (χ4v) is 2.65. The van der Waals surface area contributed by atoms with E-state index in [2.05, 4.69) is 4.90 Å². The Morgan fingerprint density at radius 1 is 1.33 bits per heavy atom. The van der Waals surface area contributed by atoms with Crippen LogP contribution in [0.3, 0.4) is 0 Å². The highest BCUT2D eigenvalue weighted by Gasteiger charge is 2.15. The highest BCUT2D eigenvalue weighted by molar-refractivity contribution is 5.73. The van der Waals surface area contributed by atoms with E-state index in [0.717, 1.165) is 43.9 Å². The van der Waals surface area contributed by atoms with Gasteiger partial charge in [0.25, 0.3) is 0 Å². The molecule has 1 saturated heterocycles. The number of benzene rings is 1. The van der Waals surface area contributed by atoms with Gasteiger partial charge < -0.3 is 14.3 Å². The van der Waals surface area contributed by atoms with Crippen molar-refractivity contribution in [2.45, 2.75) is 12.5 Å². The summed E-state index contributed by atoms with van der Waals surface area (Å²) in [5.41, 5.74) is 2.04. The predicted octanol–water partition coefficient (Wildman–Crippen LogP) is 0.887. The summed E-state index contributed by atoms with van der Waals surface area (Å²) < 4.78 is 11.9. The van der Waals surface area contributed by atoms with Gasteiger partial charge in [0.15, 0.2) is 5.58 Å². The van der Waals surface area contributed by atoms with Gasteiger partial charge in [-0.2, -0.15) is 0 Å². The van der Waals surface area contributed by atoms with Crippen LogP contribution in [0.15, 0.2) is 27.4 Å². The second kappa shape index (κ2) is 6.01. The molecule has 1 aliphatic heterocycles.